The molecule has 0 fully saturated rings. The average Bonchev–Trinajstić information content (AvgIpc) is 3.52. The quantitative estimate of drug-likeness (QED) is 0.0504. The number of carbonyl (C=O) groups is 5. The molecule has 0 saturated carbocycles. The summed E-state index contributed by atoms with van der Waals surface area (Å²) < 4.78 is 5.00. The van der Waals surface area contributed by atoms with Crippen molar-refractivity contribution in [1.29, 1.82) is 0 Å². The molecule has 1 atom stereocenters. The average molecular weight is 776 g/mol. The van der Waals surface area contributed by atoms with Gasteiger partial charge in [-0.1, -0.05) is 61.5 Å². The molecule has 11 nitrogen and oxygen atoms in total. The number of benzene rings is 4. The molecule has 5 aromatic rings. The zero-order chi connectivity index (χ0) is 39.5. The molecule has 282 valence electrons. The van der Waals surface area contributed by atoms with Crippen LogP contribution in [0.1, 0.15) is 54.9 Å². The summed E-state index contributed by atoms with van der Waals surface area (Å²) in [6, 6.07) is 32.1. The van der Waals surface area contributed by atoms with Gasteiger partial charge in [0, 0.05) is 41.6 Å². The standard InChI is InChI=1S/C42H41N5O6S2/c1-6-34(39(50)46-41-35(42(52)53-5)26(2)36(55-41)40(51)43-29-16-11-8-12-17-29)54-32-19-13-18-30(25-32)44-38(49)33(45-37(48)28-14-9-7-10-15-28)24-27-20-22-31(23-21-27)47(3)4/h7-25,34H,6H2,1-5H3,(H,43,51)(H,44,49)(H,45,48)(H,46,50)/b33-24+. The van der Waals surface area contributed by atoms with E-state index in [-0.39, 0.29) is 27.0 Å². The van der Waals surface area contributed by atoms with Gasteiger partial charge in [-0.25, -0.2) is 4.79 Å². The third-order valence-corrected chi connectivity index (χ3v) is 10.9. The van der Waals surface area contributed by atoms with Gasteiger partial charge in [-0.2, -0.15) is 0 Å². The molecule has 4 aromatic carbocycles. The first-order chi connectivity index (χ1) is 26.5. The highest BCUT2D eigenvalue weighted by molar-refractivity contribution is 8.00. The number of hydrogen-bond donors (Lipinski definition) is 4. The Kier molecular flexibility index (Phi) is 13.6. The van der Waals surface area contributed by atoms with Crippen LogP contribution < -0.4 is 26.2 Å². The molecular formula is C42H41N5O6S2. The highest BCUT2D eigenvalue weighted by Crippen LogP contribution is 2.36. The summed E-state index contributed by atoms with van der Waals surface area (Å²) in [5.41, 5.74) is 3.67. The molecule has 1 heterocycles. The summed E-state index contributed by atoms with van der Waals surface area (Å²) >= 11 is 2.27. The van der Waals surface area contributed by atoms with Crippen LogP contribution in [0.3, 0.4) is 0 Å². The van der Waals surface area contributed by atoms with Gasteiger partial charge in [0.05, 0.1) is 22.8 Å². The number of amides is 4. The highest BCUT2D eigenvalue weighted by Gasteiger charge is 2.28. The van der Waals surface area contributed by atoms with Gasteiger partial charge in [0.2, 0.25) is 5.91 Å². The molecule has 1 aromatic heterocycles. The molecule has 55 heavy (non-hydrogen) atoms. The van der Waals surface area contributed by atoms with Crippen molar-refractivity contribution in [3.05, 3.63) is 142 Å². The number of nitrogens with zero attached hydrogens (tertiary/aromatic N) is 1. The number of rotatable bonds is 14. The van der Waals surface area contributed by atoms with Crippen molar-refractivity contribution in [2.24, 2.45) is 0 Å². The Hall–Kier alpha value is -6.18. The normalized spacial score (nSPS) is 11.5. The van der Waals surface area contributed by atoms with Gasteiger partial charge in [0.1, 0.15) is 10.7 Å². The van der Waals surface area contributed by atoms with Crippen LogP contribution in [0, 0.1) is 6.92 Å². The predicted molar refractivity (Wildman–Crippen MR) is 221 cm³/mol. The first kappa shape index (κ1) is 40.0. The number of para-hydroxylation sites is 1. The van der Waals surface area contributed by atoms with Crippen LogP contribution >= 0.6 is 23.1 Å². The molecule has 0 aliphatic carbocycles. The summed E-state index contributed by atoms with van der Waals surface area (Å²) in [6.45, 7) is 3.50. The lowest BCUT2D eigenvalue weighted by Gasteiger charge is -2.16. The third kappa shape index (κ3) is 10.5. The molecule has 0 aliphatic heterocycles. The number of nitrogens with one attached hydrogen (secondary N) is 4. The van der Waals surface area contributed by atoms with Crippen molar-refractivity contribution in [3.8, 4) is 0 Å². The number of methoxy groups -OCH3 is 1. The molecule has 13 heteroatoms. The summed E-state index contributed by atoms with van der Waals surface area (Å²) in [7, 11) is 5.10. The Bertz CT molecular complexity index is 2200. The first-order valence-corrected chi connectivity index (χ1v) is 19.0. The Morgan fingerprint density at radius 3 is 2.09 bits per heavy atom. The van der Waals surface area contributed by atoms with Crippen LogP contribution in [0.4, 0.5) is 22.1 Å². The zero-order valence-corrected chi connectivity index (χ0v) is 32.6. The van der Waals surface area contributed by atoms with E-state index in [1.54, 1.807) is 85.8 Å². The smallest absolute Gasteiger partial charge is 0.341 e. The monoisotopic (exact) mass is 775 g/mol. The molecule has 0 spiro atoms. The summed E-state index contributed by atoms with van der Waals surface area (Å²) in [6.07, 6.45) is 2.04. The Balaban J connectivity index is 1.33. The number of esters is 1. The van der Waals surface area contributed by atoms with Gasteiger partial charge in [0.15, 0.2) is 0 Å². The van der Waals surface area contributed by atoms with Crippen molar-refractivity contribution in [3.63, 3.8) is 0 Å². The number of thioether (sulfide) groups is 1. The van der Waals surface area contributed by atoms with Crippen LogP contribution in [-0.2, 0) is 14.3 Å². The lowest BCUT2D eigenvalue weighted by atomic mass is 10.1. The van der Waals surface area contributed by atoms with Gasteiger partial charge >= 0.3 is 5.97 Å². The fourth-order valence-corrected chi connectivity index (χ4v) is 7.48. The van der Waals surface area contributed by atoms with E-state index in [9.17, 15) is 24.0 Å². The maximum Gasteiger partial charge on any atom is 0.341 e. The van der Waals surface area contributed by atoms with E-state index < -0.39 is 28.9 Å². The van der Waals surface area contributed by atoms with Crippen molar-refractivity contribution in [1.82, 2.24) is 5.32 Å². The molecule has 0 radical (unpaired) electrons. The first-order valence-electron chi connectivity index (χ1n) is 17.3. The van der Waals surface area contributed by atoms with Gasteiger partial charge in [-0.05, 0) is 85.1 Å². The lowest BCUT2D eigenvalue weighted by molar-refractivity contribution is -0.116. The number of hydrogen-bond acceptors (Lipinski definition) is 9. The third-order valence-electron chi connectivity index (χ3n) is 8.29. The van der Waals surface area contributed by atoms with Crippen molar-refractivity contribution in [2.45, 2.75) is 30.4 Å². The maximum atomic E-state index is 13.7. The van der Waals surface area contributed by atoms with Crippen molar-refractivity contribution < 1.29 is 28.7 Å². The molecule has 1 unspecified atom stereocenters. The molecule has 0 saturated heterocycles. The predicted octanol–water partition coefficient (Wildman–Crippen LogP) is 8.08. The Labute approximate surface area is 328 Å². The minimum atomic E-state index is -0.675. The lowest BCUT2D eigenvalue weighted by Crippen LogP contribution is -2.30. The van der Waals surface area contributed by atoms with Gasteiger partial charge in [-0.15, -0.1) is 23.1 Å². The van der Waals surface area contributed by atoms with Crippen LogP contribution in [0.5, 0.6) is 0 Å². The largest absolute Gasteiger partial charge is 0.465 e. The molecule has 0 bridgehead atoms. The zero-order valence-electron chi connectivity index (χ0n) is 31.0. The maximum absolute atomic E-state index is 13.7. The van der Waals surface area contributed by atoms with Gasteiger partial charge in [-0.3, -0.25) is 19.2 Å². The molecule has 4 amide bonds. The molecule has 0 aliphatic rings. The van der Waals surface area contributed by atoms with Crippen LogP contribution in [0.2, 0.25) is 0 Å². The Morgan fingerprint density at radius 2 is 1.45 bits per heavy atom. The van der Waals surface area contributed by atoms with E-state index in [1.807, 2.05) is 62.3 Å². The SMILES string of the molecule is CCC(Sc1cccc(NC(=O)/C(=C\c2ccc(N(C)C)cc2)NC(=O)c2ccccc2)c1)C(=O)Nc1sc(C(=O)Nc2ccccc2)c(C)c1C(=O)OC. The topological polar surface area (TPSA) is 146 Å². The van der Waals surface area contributed by atoms with Crippen LogP contribution in [0.15, 0.2) is 120 Å². The Morgan fingerprint density at radius 1 is 0.800 bits per heavy atom. The highest BCUT2D eigenvalue weighted by atomic mass is 32.2. The summed E-state index contributed by atoms with van der Waals surface area (Å²) in [4.78, 5) is 69.5. The van der Waals surface area contributed by atoms with Crippen LogP contribution in [-0.4, -0.2) is 56.1 Å². The van der Waals surface area contributed by atoms with E-state index in [0.717, 1.165) is 17.0 Å². The summed E-state index contributed by atoms with van der Waals surface area (Å²) in [5, 5.41) is 10.9. The number of anilines is 4. The van der Waals surface area contributed by atoms with E-state index in [4.69, 9.17) is 4.74 Å². The van der Waals surface area contributed by atoms with Crippen molar-refractivity contribution >= 4 is 80.8 Å². The second-order valence-corrected chi connectivity index (χ2v) is 14.7. The van der Waals surface area contributed by atoms with Gasteiger partial charge in [0.25, 0.3) is 17.7 Å². The molecular weight excluding hydrogens is 735 g/mol. The second kappa shape index (κ2) is 18.7. The second-order valence-electron chi connectivity index (χ2n) is 12.4. The van der Waals surface area contributed by atoms with E-state index in [2.05, 4.69) is 21.3 Å². The number of ether oxygens (including phenoxy) is 1. The van der Waals surface area contributed by atoms with Crippen LogP contribution in [0.25, 0.3) is 6.08 Å². The van der Waals surface area contributed by atoms with E-state index in [1.165, 1.54) is 18.9 Å². The fraction of sp³-hybridized carbons (Fsp3) is 0.167. The van der Waals surface area contributed by atoms with E-state index in [0.29, 0.717) is 39.4 Å². The molecule has 4 N–H and O–H groups in total. The minimum absolute atomic E-state index is 0.0415. The van der Waals surface area contributed by atoms with Gasteiger partial charge < -0.3 is 30.9 Å². The number of carbonyl (C=O) groups excluding carboxylic acids is 5. The minimum Gasteiger partial charge on any atom is -0.465 e. The summed E-state index contributed by atoms with van der Waals surface area (Å²) in [5.74, 6) is -2.44. The number of thiophene rings is 1. The fourth-order valence-electron chi connectivity index (χ4n) is 5.38. The van der Waals surface area contributed by atoms with Crippen molar-refractivity contribution in [2.75, 3.05) is 42.1 Å². The molecule has 5 rings (SSSR count). The van der Waals surface area contributed by atoms with E-state index >= 15 is 0 Å².